The lowest BCUT2D eigenvalue weighted by atomic mass is 10.1. The number of carboxylic acids is 1. The summed E-state index contributed by atoms with van der Waals surface area (Å²) in [5.41, 5.74) is 2.35. The number of amides is 1. The third-order valence-electron chi connectivity index (χ3n) is 2.51. The van der Waals surface area contributed by atoms with Crippen LogP contribution in [-0.2, 0) is 15.3 Å². The number of thioether (sulfide) groups is 2. The maximum Gasteiger partial charge on any atom is 0.313 e. The van der Waals surface area contributed by atoms with E-state index in [1.54, 1.807) is 11.8 Å². The second-order valence-corrected chi connectivity index (χ2v) is 6.33. The minimum Gasteiger partial charge on any atom is -0.481 e. The fourth-order valence-corrected chi connectivity index (χ4v) is 2.87. The number of nitrogens with one attached hydrogen (secondary N) is 1. The highest BCUT2D eigenvalue weighted by Gasteiger charge is 2.03. The highest BCUT2D eigenvalue weighted by Crippen LogP contribution is 2.13. The standard InChI is InChI=1S/C15H19NO3S2/c1-2-12-3-5-13(6-4-12)9-20-8-7-16-14(17)10-21-11-15(18)19/h2-6H,1,7-11H2,(H,16,17)(H,18,19). The monoisotopic (exact) mass is 325 g/mol. The molecule has 0 radical (unpaired) electrons. The second kappa shape index (κ2) is 10.3. The van der Waals surface area contributed by atoms with Crippen LogP contribution in [0.3, 0.4) is 0 Å². The van der Waals surface area contributed by atoms with Crippen LogP contribution in [0.2, 0.25) is 0 Å². The lowest BCUT2D eigenvalue weighted by Crippen LogP contribution is -2.27. The van der Waals surface area contributed by atoms with Gasteiger partial charge in [-0.2, -0.15) is 11.8 Å². The molecule has 0 heterocycles. The Kier molecular flexibility index (Phi) is 8.69. The van der Waals surface area contributed by atoms with E-state index in [4.69, 9.17) is 5.11 Å². The highest BCUT2D eigenvalue weighted by molar-refractivity contribution is 8.00. The SMILES string of the molecule is C=Cc1ccc(CSCCNC(=O)CSCC(=O)O)cc1. The normalized spacial score (nSPS) is 10.1. The molecule has 0 spiro atoms. The fraction of sp³-hybridized carbons (Fsp3) is 0.333. The summed E-state index contributed by atoms with van der Waals surface area (Å²) in [6.07, 6.45) is 1.81. The smallest absolute Gasteiger partial charge is 0.313 e. The number of benzene rings is 1. The molecule has 0 aliphatic carbocycles. The molecule has 1 aromatic carbocycles. The van der Waals surface area contributed by atoms with E-state index in [2.05, 4.69) is 24.0 Å². The minimum absolute atomic E-state index is 0.0388. The Hall–Kier alpha value is -1.40. The van der Waals surface area contributed by atoms with Gasteiger partial charge in [0.1, 0.15) is 0 Å². The zero-order valence-corrected chi connectivity index (χ0v) is 13.3. The van der Waals surface area contributed by atoms with E-state index in [1.165, 1.54) is 5.56 Å². The molecule has 0 aromatic heterocycles. The van der Waals surface area contributed by atoms with Crippen molar-refractivity contribution in [1.29, 1.82) is 0 Å². The van der Waals surface area contributed by atoms with Crippen LogP contribution in [0.5, 0.6) is 0 Å². The van der Waals surface area contributed by atoms with Gasteiger partial charge in [-0.25, -0.2) is 0 Å². The topological polar surface area (TPSA) is 66.4 Å². The molecule has 0 bridgehead atoms. The minimum atomic E-state index is -0.897. The van der Waals surface area contributed by atoms with Crippen molar-refractivity contribution in [3.8, 4) is 0 Å². The molecule has 21 heavy (non-hydrogen) atoms. The Morgan fingerprint density at radius 2 is 1.90 bits per heavy atom. The lowest BCUT2D eigenvalue weighted by Gasteiger charge is -2.05. The summed E-state index contributed by atoms with van der Waals surface area (Å²) < 4.78 is 0. The largest absolute Gasteiger partial charge is 0.481 e. The summed E-state index contributed by atoms with van der Waals surface area (Å²) in [6, 6.07) is 8.21. The van der Waals surface area contributed by atoms with Crippen molar-refractivity contribution in [3.63, 3.8) is 0 Å². The number of aliphatic carboxylic acids is 1. The van der Waals surface area contributed by atoms with Crippen LogP contribution in [0.4, 0.5) is 0 Å². The van der Waals surface area contributed by atoms with Crippen molar-refractivity contribution in [2.24, 2.45) is 0 Å². The summed E-state index contributed by atoms with van der Waals surface area (Å²) in [6.45, 7) is 4.31. The number of rotatable bonds is 10. The number of hydrogen-bond acceptors (Lipinski definition) is 4. The van der Waals surface area contributed by atoms with Gasteiger partial charge in [-0.05, 0) is 11.1 Å². The fourth-order valence-electron chi connectivity index (χ4n) is 1.48. The molecule has 0 aliphatic rings. The van der Waals surface area contributed by atoms with E-state index in [9.17, 15) is 9.59 Å². The first-order chi connectivity index (χ1) is 10.1. The van der Waals surface area contributed by atoms with Gasteiger partial charge in [0.2, 0.25) is 5.91 Å². The molecule has 0 saturated carbocycles. The number of carboxylic acid groups (broad SMARTS) is 1. The first-order valence-electron chi connectivity index (χ1n) is 6.47. The highest BCUT2D eigenvalue weighted by atomic mass is 32.2. The summed E-state index contributed by atoms with van der Waals surface area (Å²) in [5, 5.41) is 11.2. The zero-order valence-electron chi connectivity index (χ0n) is 11.7. The van der Waals surface area contributed by atoms with Gasteiger partial charge in [0.25, 0.3) is 0 Å². The predicted molar refractivity (Wildman–Crippen MR) is 90.7 cm³/mol. The Morgan fingerprint density at radius 1 is 1.19 bits per heavy atom. The van der Waals surface area contributed by atoms with Gasteiger partial charge in [-0.15, -0.1) is 11.8 Å². The first-order valence-corrected chi connectivity index (χ1v) is 8.78. The third-order valence-corrected chi connectivity index (χ3v) is 4.46. The average Bonchev–Trinajstić information content (AvgIpc) is 2.47. The Morgan fingerprint density at radius 3 is 2.52 bits per heavy atom. The number of carbonyl (C=O) groups excluding carboxylic acids is 1. The Balaban J connectivity index is 2.06. The van der Waals surface area contributed by atoms with Crippen LogP contribution in [0, 0.1) is 0 Å². The van der Waals surface area contributed by atoms with Crippen LogP contribution in [0.15, 0.2) is 30.8 Å². The second-order valence-electron chi connectivity index (χ2n) is 4.23. The molecular weight excluding hydrogens is 306 g/mol. The molecule has 1 amide bonds. The molecule has 0 saturated heterocycles. The van der Waals surface area contributed by atoms with Gasteiger partial charge >= 0.3 is 5.97 Å². The van der Waals surface area contributed by atoms with Gasteiger partial charge in [-0.1, -0.05) is 36.9 Å². The Labute approximate surface area is 133 Å². The lowest BCUT2D eigenvalue weighted by molar-refractivity contribution is -0.133. The van der Waals surface area contributed by atoms with Gasteiger partial charge in [-0.3, -0.25) is 9.59 Å². The predicted octanol–water partition coefficient (Wildman–Crippen LogP) is 2.50. The number of carbonyl (C=O) groups is 2. The first kappa shape index (κ1) is 17.7. The average molecular weight is 325 g/mol. The number of hydrogen-bond donors (Lipinski definition) is 2. The molecule has 0 fully saturated rings. The van der Waals surface area contributed by atoms with Crippen molar-refractivity contribution in [2.45, 2.75) is 5.75 Å². The Bertz CT molecular complexity index is 474. The maximum absolute atomic E-state index is 11.4. The molecule has 1 rings (SSSR count). The zero-order chi connectivity index (χ0) is 15.5. The van der Waals surface area contributed by atoms with Gasteiger partial charge < -0.3 is 10.4 Å². The van der Waals surface area contributed by atoms with E-state index in [0.29, 0.717) is 6.54 Å². The van der Waals surface area contributed by atoms with Crippen molar-refractivity contribution >= 4 is 41.5 Å². The summed E-state index contributed by atoms with van der Waals surface area (Å²) in [4.78, 5) is 21.7. The molecule has 0 unspecified atom stereocenters. The third kappa shape index (κ3) is 8.47. The molecule has 0 atom stereocenters. The molecule has 114 valence electrons. The van der Waals surface area contributed by atoms with Crippen molar-refractivity contribution in [3.05, 3.63) is 42.0 Å². The van der Waals surface area contributed by atoms with Gasteiger partial charge in [0, 0.05) is 18.1 Å². The summed E-state index contributed by atoms with van der Waals surface area (Å²) >= 11 is 2.86. The van der Waals surface area contributed by atoms with E-state index in [1.807, 2.05) is 18.2 Å². The van der Waals surface area contributed by atoms with Crippen LogP contribution >= 0.6 is 23.5 Å². The van der Waals surface area contributed by atoms with Crippen LogP contribution in [0.25, 0.3) is 6.08 Å². The quantitative estimate of drug-likeness (QED) is 0.647. The molecule has 0 aliphatic heterocycles. The summed E-state index contributed by atoms with van der Waals surface area (Å²) in [7, 11) is 0. The maximum atomic E-state index is 11.4. The molecule has 6 heteroatoms. The van der Waals surface area contributed by atoms with E-state index in [-0.39, 0.29) is 17.4 Å². The molecule has 1 aromatic rings. The van der Waals surface area contributed by atoms with Crippen LogP contribution in [-0.4, -0.2) is 40.8 Å². The molecule has 2 N–H and O–H groups in total. The van der Waals surface area contributed by atoms with E-state index in [0.717, 1.165) is 28.8 Å². The summed E-state index contributed by atoms with van der Waals surface area (Å²) in [5.74, 6) is 0.880. The van der Waals surface area contributed by atoms with Crippen LogP contribution < -0.4 is 5.32 Å². The van der Waals surface area contributed by atoms with Crippen molar-refractivity contribution < 1.29 is 14.7 Å². The van der Waals surface area contributed by atoms with Gasteiger partial charge in [0.15, 0.2) is 0 Å². The van der Waals surface area contributed by atoms with Crippen LogP contribution in [0.1, 0.15) is 11.1 Å². The molecular formula is C15H19NO3S2. The van der Waals surface area contributed by atoms with E-state index < -0.39 is 5.97 Å². The van der Waals surface area contributed by atoms with E-state index >= 15 is 0 Å². The van der Waals surface area contributed by atoms with Gasteiger partial charge in [0.05, 0.1) is 11.5 Å². The van der Waals surface area contributed by atoms with Crippen molar-refractivity contribution in [2.75, 3.05) is 23.8 Å². The molecule has 4 nitrogen and oxygen atoms in total. The van der Waals surface area contributed by atoms with Crippen molar-refractivity contribution in [1.82, 2.24) is 5.32 Å².